The maximum Gasteiger partial charge on any atom is 0.273 e. The number of allylic oxidation sites excluding steroid dienone is 1. The highest BCUT2D eigenvalue weighted by Crippen LogP contribution is 2.28. The van der Waals surface area contributed by atoms with Crippen LogP contribution in [-0.2, 0) is 0 Å². The summed E-state index contributed by atoms with van der Waals surface area (Å²) in [5, 5.41) is 20.5. The van der Waals surface area contributed by atoms with Crippen LogP contribution in [-0.4, -0.2) is 9.91 Å². The summed E-state index contributed by atoms with van der Waals surface area (Å²) in [5.41, 5.74) is 2.27. The molecule has 5 heteroatoms. The van der Waals surface area contributed by atoms with Gasteiger partial charge in [-0.25, -0.2) is 0 Å². The number of pyridine rings is 1. The van der Waals surface area contributed by atoms with Gasteiger partial charge in [0.1, 0.15) is 6.07 Å². The molecule has 0 amide bonds. The molecule has 0 N–H and O–H groups in total. The van der Waals surface area contributed by atoms with E-state index in [1.165, 1.54) is 6.07 Å². The van der Waals surface area contributed by atoms with E-state index in [4.69, 9.17) is 0 Å². The quantitative estimate of drug-likeness (QED) is 0.481. The van der Waals surface area contributed by atoms with E-state index in [1.807, 2.05) is 13.8 Å². The molecule has 1 aromatic heterocycles. The van der Waals surface area contributed by atoms with Gasteiger partial charge in [0, 0.05) is 17.8 Å². The van der Waals surface area contributed by atoms with E-state index in [0.717, 1.165) is 0 Å². The Labute approximate surface area is 128 Å². The van der Waals surface area contributed by atoms with Crippen molar-refractivity contribution < 1.29 is 4.92 Å². The molecule has 0 saturated heterocycles. The first-order valence-electron chi connectivity index (χ1n) is 6.84. The molecule has 110 valence electrons. The van der Waals surface area contributed by atoms with E-state index in [2.05, 4.69) is 11.1 Å². The van der Waals surface area contributed by atoms with E-state index in [9.17, 15) is 15.4 Å². The van der Waals surface area contributed by atoms with Crippen LogP contribution >= 0.6 is 0 Å². The second-order valence-electron chi connectivity index (χ2n) is 5.11. The number of nitriles is 1. The van der Waals surface area contributed by atoms with Crippen molar-refractivity contribution in [2.75, 3.05) is 0 Å². The minimum atomic E-state index is -0.389. The minimum absolute atomic E-state index is 0.0599. The Hall–Kier alpha value is -3.00. The van der Waals surface area contributed by atoms with Crippen LogP contribution in [0.4, 0.5) is 5.69 Å². The molecular weight excluding hydrogens is 278 g/mol. The zero-order chi connectivity index (χ0) is 16.1. The molecule has 0 unspecified atom stereocenters. The van der Waals surface area contributed by atoms with Crippen molar-refractivity contribution in [3.05, 3.63) is 69.5 Å². The van der Waals surface area contributed by atoms with Crippen molar-refractivity contribution in [3.8, 4) is 6.07 Å². The lowest BCUT2D eigenvalue weighted by Gasteiger charge is -2.07. The molecule has 2 aromatic rings. The van der Waals surface area contributed by atoms with Gasteiger partial charge in [-0.2, -0.15) is 5.26 Å². The van der Waals surface area contributed by atoms with E-state index in [0.29, 0.717) is 22.4 Å². The van der Waals surface area contributed by atoms with Gasteiger partial charge in [-0.05, 0) is 29.7 Å². The van der Waals surface area contributed by atoms with Crippen LogP contribution in [0, 0.1) is 21.4 Å². The van der Waals surface area contributed by atoms with Crippen molar-refractivity contribution in [1.29, 1.82) is 5.26 Å². The first-order valence-corrected chi connectivity index (χ1v) is 6.84. The van der Waals surface area contributed by atoms with Crippen LogP contribution in [0.1, 0.15) is 36.6 Å². The third-order valence-corrected chi connectivity index (χ3v) is 3.25. The predicted molar refractivity (Wildman–Crippen MR) is 84.9 cm³/mol. The van der Waals surface area contributed by atoms with Crippen LogP contribution < -0.4 is 0 Å². The lowest BCUT2D eigenvalue weighted by Crippen LogP contribution is -1.98. The first-order chi connectivity index (χ1) is 10.5. The van der Waals surface area contributed by atoms with Gasteiger partial charge in [0.15, 0.2) is 0 Å². The zero-order valence-electron chi connectivity index (χ0n) is 12.4. The van der Waals surface area contributed by atoms with E-state index >= 15 is 0 Å². The molecule has 0 aliphatic carbocycles. The molecular formula is C17H15N3O2. The van der Waals surface area contributed by atoms with Gasteiger partial charge in [-0.1, -0.05) is 32.0 Å². The average Bonchev–Trinajstić information content (AvgIpc) is 2.53. The molecule has 2 rings (SSSR count). The highest BCUT2D eigenvalue weighted by molar-refractivity contribution is 5.88. The molecule has 0 fully saturated rings. The summed E-state index contributed by atoms with van der Waals surface area (Å²) >= 11 is 0. The Morgan fingerprint density at radius 3 is 2.68 bits per heavy atom. The van der Waals surface area contributed by atoms with E-state index in [1.54, 1.807) is 42.6 Å². The number of rotatable bonds is 4. The lowest BCUT2D eigenvalue weighted by molar-refractivity contribution is -0.385. The number of hydrogen-bond acceptors (Lipinski definition) is 4. The molecule has 0 radical (unpaired) electrons. The molecule has 0 bridgehead atoms. The van der Waals surface area contributed by atoms with E-state index in [-0.39, 0.29) is 16.5 Å². The van der Waals surface area contributed by atoms with Gasteiger partial charge >= 0.3 is 0 Å². The minimum Gasteiger partial charge on any atom is -0.258 e. The van der Waals surface area contributed by atoms with Crippen LogP contribution in [0.5, 0.6) is 0 Å². The van der Waals surface area contributed by atoms with Crippen molar-refractivity contribution in [3.63, 3.8) is 0 Å². The Balaban J connectivity index is 2.49. The number of nitro groups is 1. The Bertz CT molecular complexity index is 759. The standard InChI is InChI=1S/C17H15N3O2/c1-12(2)15-7-6-13(10-17(15)20(21)22)9-14(11-18)16-5-3-4-8-19-16/h3-10,12H,1-2H3/b14-9+. The van der Waals surface area contributed by atoms with Gasteiger partial charge in [-0.15, -0.1) is 0 Å². The molecule has 22 heavy (non-hydrogen) atoms. The lowest BCUT2D eigenvalue weighted by atomic mass is 9.98. The molecule has 0 aliphatic heterocycles. The maximum atomic E-state index is 11.2. The normalized spacial score (nSPS) is 11.3. The fourth-order valence-corrected chi connectivity index (χ4v) is 2.15. The van der Waals surface area contributed by atoms with Gasteiger partial charge in [0.2, 0.25) is 0 Å². The van der Waals surface area contributed by atoms with Crippen LogP contribution in [0.2, 0.25) is 0 Å². The smallest absolute Gasteiger partial charge is 0.258 e. The molecule has 0 atom stereocenters. The van der Waals surface area contributed by atoms with Gasteiger partial charge < -0.3 is 0 Å². The molecule has 0 spiro atoms. The maximum absolute atomic E-state index is 11.2. The first kappa shape index (κ1) is 15.4. The summed E-state index contributed by atoms with van der Waals surface area (Å²) < 4.78 is 0. The molecule has 0 saturated carbocycles. The average molecular weight is 293 g/mol. The van der Waals surface area contributed by atoms with Crippen molar-refractivity contribution >= 4 is 17.3 Å². The largest absolute Gasteiger partial charge is 0.273 e. The molecule has 1 aromatic carbocycles. The van der Waals surface area contributed by atoms with Crippen molar-refractivity contribution in [2.24, 2.45) is 0 Å². The summed E-state index contributed by atoms with van der Waals surface area (Å²) in [6.07, 6.45) is 3.21. The van der Waals surface area contributed by atoms with Crippen molar-refractivity contribution in [2.45, 2.75) is 19.8 Å². The zero-order valence-corrected chi connectivity index (χ0v) is 12.4. The van der Waals surface area contributed by atoms with Crippen LogP contribution in [0.15, 0.2) is 42.6 Å². The van der Waals surface area contributed by atoms with Gasteiger partial charge in [0.05, 0.1) is 16.2 Å². The summed E-state index contributed by atoms with van der Waals surface area (Å²) in [6.45, 7) is 3.82. The monoisotopic (exact) mass is 293 g/mol. The molecule has 5 nitrogen and oxygen atoms in total. The number of nitrogens with zero attached hydrogens (tertiary/aromatic N) is 3. The van der Waals surface area contributed by atoms with Crippen LogP contribution in [0.25, 0.3) is 11.6 Å². The fourth-order valence-electron chi connectivity index (χ4n) is 2.15. The number of aromatic nitrogens is 1. The number of hydrogen-bond donors (Lipinski definition) is 0. The SMILES string of the molecule is CC(C)c1ccc(/C=C(\C#N)c2ccccn2)cc1[N+](=O)[O-]. The third-order valence-electron chi connectivity index (χ3n) is 3.25. The number of nitro benzene ring substituents is 1. The second kappa shape index (κ2) is 6.64. The summed E-state index contributed by atoms with van der Waals surface area (Å²) in [6, 6.07) is 12.4. The Kier molecular flexibility index (Phi) is 4.64. The molecule has 0 aliphatic rings. The van der Waals surface area contributed by atoms with E-state index < -0.39 is 0 Å². The van der Waals surface area contributed by atoms with Crippen LogP contribution in [0.3, 0.4) is 0 Å². The van der Waals surface area contributed by atoms with Gasteiger partial charge in [-0.3, -0.25) is 15.1 Å². The summed E-state index contributed by atoms with van der Waals surface area (Å²) in [7, 11) is 0. The summed E-state index contributed by atoms with van der Waals surface area (Å²) in [4.78, 5) is 14.9. The highest BCUT2D eigenvalue weighted by Gasteiger charge is 2.16. The third kappa shape index (κ3) is 3.36. The second-order valence-corrected chi connectivity index (χ2v) is 5.11. The summed E-state index contributed by atoms with van der Waals surface area (Å²) in [5.74, 6) is 0.0599. The topological polar surface area (TPSA) is 79.8 Å². The fraction of sp³-hybridized carbons (Fsp3) is 0.176. The van der Waals surface area contributed by atoms with Crippen molar-refractivity contribution in [1.82, 2.24) is 4.98 Å². The van der Waals surface area contributed by atoms with Gasteiger partial charge in [0.25, 0.3) is 5.69 Å². The highest BCUT2D eigenvalue weighted by atomic mass is 16.6. The molecule has 1 heterocycles. The Morgan fingerprint density at radius 1 is 1.36 bits per heavy atom. The number of benzene rings is 1. The predicted octanol–water partition coefficient (Wildman–Crippen LogP) is 4.18. The Morgan fingerprint density at radius 2 is 2.14 bits per heavy atom.